The molecule has 5 nitrogen and oxygen atoms in total. The molecule has 0 aliphatic heterocycles. The maximum Gasteiger partial charge on any atom is 0.273 e. The molecule has 1 aromatic heterocycles. The van der Waals surface area contributed by atoms with E-state index in [2.05, 4.69) is 15.6 Å². The Bertz CT molecular complexity index is 801. The van der Waals surface area contributed by atoms with Gasteiger partial charge in [0.25, 0.3) is 5.91 Å². The number of carbonyl (C=O) groups is 1. The second-order valence-electron chi connectivity index (χ2n) is 5.10. The molecule has 3 rings (SSSR count). The predicted octanol–water partition coefficient (Wildman–Crippen LogP) is 2.40. The lowest BCUT2D eigenvalue weighted by Gasteiger charge is -2.03. The monoisotopic (exact) mass is 310 g/mol. The van der Waals surface area contributed by atoms with E-state index in [-0.39, 0.29) is 24.0 Å². The van der Waals surface area contributed by atoms with Crippen LogP contribution in [0.5, 0.6) is 0 Å². The maximum atomic E-state index is 13.1. The van der Waals surface area contributed by atoms with Gasteiger partial charge in [-0.05, 0) is 23.3 Å². The summed E-state index contributed by atoms with van der Waals surface area (Å²) in [6.45, 7) is 0.785. The lowest BCUT2D eigenvalue weighted by molar-refractivity contribution is 0.0945. The maximum absolute atomic E-state index is 13.1. The molecule has 0 aliphatic carbocycles. The van der Waals surface area contributed by atoms with Crippen LogP contribution < -0.4 is 5.32 Å². The fourth-order valence-corrected chi connectivity index (χ4v) is 2.17. The van der Waals surface area contributed by atoms with E-state index in [1.807, 2.05) is 30.3 Å². The second kappa shape index (κ2) is 6.83. The zero-order valence-corrected chi connectivity index (χ0v) is 12.3. The summed E-state index contributed by atoms with van der Waals surface area (Å²) >= 11 is 0. The summed E-state index contributed by atoms with van der Waals surface area (Å²) in [5.74, 6) is -0.667. The van der Waals surface area contributed by atoms with Gasteiger partial charge in [-0.15, -0.1) is 5.10 Å². The van der Waals surface area contributed by atoms with Gasteiger partial charge in [0.1, 0.15) is 5.82 Å². The van der Waals surface area contributed by atoms with E-state index in [0.29, 0.717) is 12.1 Å². The molecule has 0 unspecified atom stereocenters. The van der Waals surface area contributed by atoms with Gasteiger partial charge in [0.05, 0.1) is 12.7 Å². The molecule has 3 aromatic rings. The predicted molar refractivity (Wildman–Crippen MR) is 83.1 cm³/mol. The Labute approximate surface area is 132 Å². The number of hydrogen-bond acceptors (Lipinski definition) is 3. The van der Waals surface area contributed by atoms with Crippen LogP contribution in [0.2, 0.25) is 0 Å². The molecule has 1 heterocycles. The number of benzene rings is 2. The van der Waals surface area contributed by atoms with Gasteiger partial charge in [0.2, 0.25) is 0 Å². The quantitative estimate of drug-likeness (QED) is 0.787. The summed E-state index contributed by atoms with van der Waals surface area (Å²) in [5.41, 5.74) is 2.00. The summed E-state index contributed by atoms with van der Waals surface area (Å²) in [4.78, 5) is 12.0. The number of nitrogens with zero attached hydrogens (tertiary/aromatic N) is 3. The minimum Gasteiger partial charge on any atom is -0.347 e. The second-order valence-corrected chi connectivity index (χ2v) is 5.10. The van der Waals surface area contributed by atoms with Crippen molar-refractivity contribution in [1.82, 2.24) is 20.3 Å². The van der Waals surface area contributed by atoms with E-state index >= 15 is 0 Å². The highest BCUT2D eigenvalue weighted by molar-refractivity contribution is 5.91. The Morgan fingerprint density at radius 2 is 1.87 bits per heavy atom. The van der Waals surface area contributed by atoms with E-state index in [1.54, 1.807) is 23.0 Å². The molecule has 0 radical (unpaired) electrons. The normalized spacial score (nSPS) is 10.5. The molecular formula is C17H15FN4O. The van der Waals surface area contributed by atoms with Gasteiger partial charge in [-0.25, -0.2) is 9.07 Å². The SMILES string of the molecule is O=C(NCc1cccc(F)c1)c1cn(Cc2ccccc2)nn1. The van der Waals surface area contributed by atoms with Crippen LogP contribution in [0, 0.1) is 5.82 Å². The molecule has 116 valence electrons. The van der Waals surface area contributed by atoms with Crippen molar-refractivity contribution in [2.24, 2.45) is 0 Å². The largest absolute Gasteiger partial charge is 0.347 e. The van der Waals surface area contributed by atoms with Crippen LogP contribution in [0.25, 0.3) is 0 Å². The molecule has 23 heavy (non-hydrogen) atoms. The van der Waals surface area contributed by atoms with Crippen molar-refractivity contribution in [2.75, 3.05) is 0 Å². The third-order valence-electron chi connectivity index (χ3n) is 3.30. The van der Waals surface area contributed by atoms with Crippen LogP contribution in [0.15, 0.2) is 60.8 Å². The molecule has 0 saturated heterocycles. The minimum absolute atomic E-state index is 0.234. The first-order valence-corrected chi connectivity index (χ1v) is 7.17. The highest BCUT2D eigenvalue weighted by atomic mass is 19.1. The highest BCUT2D eigenvalue weighted by Crippen LogP contribution is 2.04. The summed E-state index contributed by atoms with van der Waals surface area (Å²) in [7, 11) is 0. The standard InChI is InChI=1S/C17H15FN4O/c18-15-8-4-7-14(9-15)10-19-17(23)16-12-22(21-20-16)11-13-5-2-1-3-6-13/h1-9,12H,10-11H2,(H,19,23). The molecule has 0 spiro atoms. The smallest absolute Gasteiger partial charge is 0.273 e. The third-order valence-corrected chi connectivity index (χ3v) is 3.30. The van der Waals surface area contributed by atoms with E-state index in [4.69, 9.17) is 0 Å². The first-order chi connectivity index (χ1) is 11.2. The molecule has 0 atom stereocenters. The van der Waals surface area contributed by atoms with Crippen molar-refractivity contribution in [3.05, 3.63) is 83.4 Å². The average Bonchev–Trinajstić information content (AvgIpc) is 3.02. The Morgan fingerprint density at radius 1 is 1.09 bits per heavy atom. The lowest BCUT2D eigenvalue weighted by atomic mass is 10.2. The first-order valence-electron chi connectivity index (χ1n) is 7.17. The summed E-state index contributed by atoms with van der Waals surface area (Å²) in [6.07, 6.45) is 1.59. The summed E-state index contributed by atoms with van der Waals surface area (Å²) in [5, 5.41) is 10.5. The number of rotatable bonds is 5. The van der Waals surface area contributed by atoms with Crippen molar-refractivity contribution < 1.29 is 9.18 Å². The van der Waals surface area contributed by atoms with Crippen LogP contribution in [-0.2, 0) is 13.1 Å². The third kappa shape index (κ3) is 4.00. The fraction of sp³-hybridized carbons (Fsp3) is 0.118. The first kappa shape index (κ1) is 14.9. The van der Waals surface area contributed by atoms with Gasteiger partial charge in [0.15, 0.2) is 5.69 Å². The Hall–Kier alpha value is -3.02. The van der Waals surface area contributed by atoms with Crippen molar-refractivity contribution >= 4 is 5.91 Å². The molecular weight excluding hydrogens is 295 g/mol. The average molecular weight is 310 g/mol. The number of aromatic nitrogens is 3. The molecule has 1 N–H and O–H groups in total. The number of amides is 1. The van der Waals surface area contributed by atoms with Crippen LogP contribution in [0.1, 0.15) is 21.6 Å². The zero-order chi connectivity index (χ0) is 16.1. The van der Waals surface area contributed by atoms with Gasteiger partial charge in [-0.3, -0.25) is 4.79 Å². The van der Waals surface area contributed by atoms with E-state index in [1.165, 1.54) is 12.1 Å². The van der Waals surface area contributed by atoms with Crippen molar-refractivity contribution in [3.63, 3.8) is 0 Å². The van der Waals surface area contributed by atoms with Crippen LogP contribution in [0.3, 0.4) is 0 Å². The fourth-order valence-electron chi connectivity index (χ4n) is 2.17. The van der Waals surface area contributed by atoms with Crippen LogP contribution in [0.4, 0.5) is 4.39 Å². The zero-order valence-electron chi connectivity index (χ0n) is 12.3. The van der Waals surface area contributed by atoms with Gasteiger partial charge >= 0.3 is 0 Å². The van der Waals surface area contributed by atoms with E-state index in [0.717, 1.165) is 5.56 Å². The van der Waals surface area contributed by atoms with Gasteiger partial charge in [-0.1, -0.05) is 47.7 Å². The van der Waals surface area contributed by atoms with Crippen LogP contribution in [-0.4, -0.2) is 20.9 Å². The minimum atomic E-state index is -0.339. The number of hydrogen-bond donors (Lipinski definition) is 1. The number of carbonyl (C=O) groups excluding carboxylic acids is 1. The Kier molecular flexibility index (Phi) is 4.42. The lowest BCUT2D eigenvalue weighted by Crippen LogP contribution is -2.23. The molecule has 0 aliphatic rings. The summed E-state index contributed by atoms with van der Waals surface area (Å²) < 4.78 is 14.7. The van der Waals surface area contributed by atoms with Crippen molar-refractivity contribution in [1.29, 1.82) is 0 Å². The van der Waals surface area contributed by atoms with E-state index < -0.39 is 0 Å². The van der Waals surface area contributed by atoms with Crippen molar-refractivity contribution in [2.45, 2.75) is 13.1 Å². The number of nitrogens with one attached hydrogen (secondary N) is 1. The molecule has 0 fully saturated rings. The topological polar surface area (TPSA) is 59.8 Å². The Morgan fingerprint density at radius 3 is 2.65 bits per heavy atom. The molecule has 0 saturated carbocycles. The Balaban J connectivity index is 1.60. The molecule has 0 bridgehead atoms. The van der Waals surface area contributed by atoms with Gasteiger partial charge < -0.3 is 5.32 Å². The summed E-state index contributed by atoms with van der Waals surface area (Å²) in [6, 6.07) is 15.9. The van der Waals surface area contributed by atoms with E-state index in [9.17, 15) is 9.18 Å². The molecule has 2 aromatic carbocycles. The van der Waals surface area contributed by atoms with Gasteiger partial charge in [-0.2, -0.15) is 0 Å². The molecule has 6 heteroatoms. The van der Waals surface area contributed by atoms with Crippen molar-refractivity contribution in [3.8, 4) is 0 Å². The molecule has 1 amide bonds. The number of halogens is 1. The highest BCUT2D eigenvalue weighted by Gasteiger charge is 2.10. The van der Waals surface area contributed by atoms with Gasteiger partial charge in [0, 0.05) is 6.54 Å². The van der Waals surface area contributed by atoms with Crippen LogP contribution >= 0.6 is 0 Å².